The van der Waals surface area contributed by atoms with E-state index in [1.54, 1.807) is 30.7 Å². The number of aliphatic hydroxyl groups excluding tert-OH is 1. The van der Waals surface area contributed by atoms with Crippen molar-refractivity contribution < 1.29 is 5.11 Å². The average molecular weight is 472 g/mol. The minimum Gasteiger partial charge on any atom is -0.393 e. The normalized spacial score (nSPS) is 12.0. The highest BCUT2D eigenvalue weighted by molar-refractivity contribution is 9.10. The minimum atomic E-state index is -0.604. The van der Waals surface area contributed by atoms with Crippen molar-refractivity contribution in [1.82, 2.24) is 18.7 Å². The van der Waals surface area contributed by atoms with Crippen LogP contribution in [0.15, 0.2) is 38.6 Å². The van der Waals surface area contributed by atoms with Gasteiger partial charge in [-0.25, -0.2) is 9.78 Å². The first-order valence-corrected chi connectivity index (χ1v) is 10.2. The molecule has 0 amide bonds. The molecule has 1 atom stereocenters. The van der Waals surface area contributed by atoms with E-state index in [-0.39, 0.29) is 6.54 Å². The first-order valence-electron chi connectivity index (χ1n) is 9.07. The molecule has 1 unspecified atom stereocenters. The smallest absolute Gasteiger partial charge is 0.332 e. The molecule has 1 aromatic carbocycles. The van der Waals surface area contributed by atoms with E-state index in [9.17, 15) is 14.7 Å². The van der Waals surface area contributed by atoms with E-state index in [2.05, 4.69) is 20.9 Å². The number of aromatic nitrogens is 4. The van der Waals surface area contributed by atoms with E-state index in [0.717, 1.165) is 10.1 Å². The fourth-order valence-electron chi connectivity index (χ4n) is 2.77. The molecule has 0 aliphatic carbocycles. The van der Waals surface area contributed by atoms with Crippen LogP contribution in [-0.4, -0.2) is 29.9 Å². The van der Waals surface area contributed by atoms with Gasteiger partial charge in [0.25, 0.3) is 5.56 Å². The number of rotatable bonds is 5. The van der Waals surface area contributed by atoms with Gasteiger partial charge in [-0.3, -0.25) is 13.9 Å². The average Bonchev–Trinajstić information content (AvgIpc) is 3.00. The van der Waals surface area contributed by atoms with Crippen molar-refractivity contribution in [2.24, 2.45) is 7.05 Å². The lowest BCUT2D eigenvalue weighted by Crippen LogP contribution is -2.40. The first kappa shape index (κ1) is 22.4. The fraction of sp³-hybridized carbons (Fsp3) is 0.421. The molecule has 0 fully saturated rings. The molecule has 0 aliphatic rings. The van der Waals surface area contributed by atoms with Gasteiger partial charge in [-0.15, -0.1) is 0 Å². The Hall–Kier alpha value is -1.90. The Kier molecular flexibility index (Phi) is 7.63. The number of halogens is 2. The van der Waals surface area contributed by atoms with Gasteiger partial charge < -0.3 is 9.67 Å². The summed E-state index contributed by atoms with van der Waals surface area (Å²) in [5, 5.41) is 10.1. The molecule has 1 N–H and O–H groups in total. The molecule has 152 valence electrons. The van der Waals surface area contributed by atoms with Crippen molar-refractivity contribution in [3.63, 3.8) is 0 Å². The maximum absolute atomic E-state index is 13.0. The molecule has 28 heavy (non-hydrogen) atoms. The lowest BCUT2D eigenvalue weighted by molar-refractivity contribution is 0.177. The summed E-state index contributed by atoms with van der Waals surface area (Å²) >= 11 is 9.31. The zero-order chi connectivity index (χ0) is 21.0. The van der Waals surface area contributed by atoms with Gasteiger partial charge in [0.1, 0.15) is 0 Å². The third-order valence-electron chi connectivity index (χ3n) is 4.21. The van der Waals surface area contributed by atoms with Crippen LogP contribution in [0.25, 0.3) is 11.2 Å². The van der Waals surface area contributed by atoms with Crippen LogP contribution < -0.4 is 11.2 Å². The Morgan fingerprint density at radius 3 is 2.36 bits per heavy atom. The van der Waals surface area contributed by atoms with Crippen LogP contribution in [0.3, 0.4) is 0 Å². The second kappa shape index (κ2) is 9.54. The molecule has 7 nitrogen and oxygen atoms in total. The van der Waals surface area contributed by atoms with Gasteiger partial charge in [0, 0.05) is 18.6 Å². The van der Waals surface area contributed by atoms with Gasteiger partial charge in [-0.2, -0.15) is 0 Å². The quantitative estimate of drug-likeness (QED) is 0.580. The van der Waals surface area contributed by atoms with Crippen LogP contribution in [0.5, 0.6) is 0 Å². The summed E-state index contributed by atoms with van der Waals surface area (Å²) in [4.78, 5) is 29.8. The summed E-state index contributed by atoms with van der Waals surface area (Å²) in [5.74, 6) is 0. The van der Waals surface area contributed by atoms with Crippen LogP contribution in [0.1, 0.15) is 32.8 Å². The third kappa shape index (κ3) is 4.56. The Morgan fingerprint density at radius 2 is 1.79 bits per heavy atom. The van der Waals surface area contributed by atoms with Crippen molar-refractivity contribution in [3.05, 3.63) is 60.4 Å². The van der Waals surface area contributed by atoms with Crippen LogP contribution in [0.4, 0.5) is 0 Å². The summed E-state index contributed by atoms with van der Waals surface area (Å²) in [6, 6.07) is 7.30. The number of hydrogen-bond donors (Lipinski definition) is 1. The highest BCUT2D eigenvalue weighted by Crippen LogP contribution is 2.19. The lowest BCUT2D eigenvalue weighted by atomic mass is 10.2. The summed E-state index contributed by atoms with van der Waals surface area (Å²) in [6.45, 7) is 6.16. The van der Waals surface area contributed by atoms with Gasteiger partial charge in [-0.1, -0.05) is 37.6 Å². The van der Waals surface area contributed by atoms with E-state index in [4.69, 9.17) is 11.6 Å². The SMILES string of the molecule is CC.CC(O)CCn1c(=O)c2c(nc(Br)n2Cc2ccc(Cl)cc2)n(C)c1=O. The standard InChI is InChI=1S/C17H18BrClN4O3.C2H6/c1-10(24)7-8-22-15(25)13-14(21(2)17(22)26)20-16(18)23(13)9-11-3-5-12(19)6-4-11;1-2/h3-6,10,24H,7-9H2,1-2H3;1-2H3. The van der Waals surface area contributed by atoms with E-state index >= 15 is 0 Å². The number of benzene rings is 1. The highest BCUT2D eigenvalue weighted by Gasteiger charge is 2.19. The van der Waals surface area contributed by atoms with E-state index in [1.807, 2.05) is 26.0 Å². The van der Waals surface area contributed by atoms with Crippen molar-refractivity contribution in [2.75, 3.05) is 0 Å². The Bertz CT molecular complexity index is 1070. The maximum Gasteiger partial charge on any atom is 0.332 e. The molecular formula is C19H24BrClN4O3. The molecule has 2 heterocycles. The number of fused-ring (bicyclic) bond motifs is 1. The zero-order valence-corrected chi connectivity index (χ0v) is 18.7. The predicted octanol–water partition coefficient (Wildman–Crippen LogP) is 3.16. The molecule has 0 aliphatic heterocycles. The molecule has 0 saturated carbocycles. The predicted molar refractivity (Wildman–Crippen MR) is 115 cm³/mol. The van der Waals surface area contributed by atoms with E-state index in [1.165, 1.54) is 4.57 Å². The number of aryl methyl sites for hydroxylation is 1. The summed E-state index contributed by atoms with van der Waals surface area (Å²) in [5.41, 5.74) is 0.717. The first-order chi connectivity index (χ1) is 13.3. The fourth-order valence-corrected chi connectivity index (χ4v) is 3.37. The van der Waals surface area contributed by atoms with Crippen molar-refractivity contribution in [2.45, 2.75) is 46.4 Å². The molecule has 0 radical (unpaired) electrons. The molecule has 9 heteroatoms. The largest absolute Gasteiger partial charge is 0.393 e. The van der Waals surface area contributed by atoms with Gasteiger partial charge in [-0.05, 0) is 47.0 Å². The molecular weight excluding hydrogens is 448 g/mol. The molecule has 3 rings (SSSR count). The molecule has 2 aromatic heterocycles. The van der Waals surface area contributed by atoms with Crippen LogP contribution in [0, 0.1) is 0 Å². The highest BCUT2D eigenvalue weighted by atomic mass is 79.9. The second-order valence-corrected chi connectivity index (χ2v) is 7.35. The van der Waals surface area contributed by atoms with Gasteiger partial charge >= 0.3 is 5.69 Å². The van der Waals surface area contributed by atoms with Gasteiger partial charge in [0.2, 0.25) is 0 Å². The monoisotopic (exact) mass is 470 g/mol. The summed E-state index contributed by atoms with van der Waals surface area (Å²) < 4.78 is 4.67. The van der Waals surface area contributed by atoms with Crippen molar-refractivity contribution in [3.8, 4) is 0 Å². The topological polar surface area (TPSA) is 82.1 Å². The molecule has 0 spiro atoms. The zero-order valence-electron chi connectivity index (χ0n) is 16.3. The van der Waals surface area contributed by atoms with Crippen LogP contribution in [0.2, 0.25) is 5.02 Å². The Balaban J connectivity index is 0.00000136. The summed E-state index contributed by atoms with van der Waals surface area (Å²) in [6.07, 6.45) is -0.291. The minimum absolute atomic E-state index is 0.142. The lowest BCUT2D eigenvalue weighted by Gasteiger charge is -2.11. The van der Waals surface area contributed by atoms with Crippen molar-refractivity contribution in [1.29, 1.82) is 0 Å². The molecule has 3 aromatic rings. The molecule has 0 bridgehead atoms. The second-order valence-electron chi connectivity index (χ2n) is 6.20. The Morgan fingerprint density at radius 1 is 1.18 bits per heavy atom. The number of imidazole rings is 1. The number of nitrogens with zero attached hydrogens (tertiary/aromatic N) is 4. The van der Waals surface area contributed by atoms with E-state index in [0.29, 0.717) is 33.9 Å². The van der Waals surface area contributed by atoms with Gasteiger partial charge in [0.15, 0.2) is 15.9 Å². The Labute approximate surface area is 176 Å². The molecule has 0 saturated heterocycles. The summed E-state index contributed by atoms with van der Waals surface area (Å²) in [7, 11) is 1.58. The van der Waals surface area contributed by atoms with Gasteiger partial charge in [0.05, 0.1) is 12.6 Å². The number of hydrogen-bond acceptors (Lipinski definition) is 4. The third-order valence-corrected chi connectivity index (χ3v) is 5.07. The van der Waals surface area contributed by atoms with E-state index < -0.39 is 17.4 Å². The number of aliphatic hydroxyl groups is 1. The van der Waals surface area contributed by atoms with Crippen LogP contribution in [-0.2, 0) is 20.1 Å². The van der Waals surface area contributed by atoms with Crippen LogP contribution >= 0.6 is 27.5 Å². The maximum atomic E-state index is 13.0. The van der Waals surface area contributed by atoms with Crippen molar-refractivity contribution >= 4 is 38.7 Å².